The number of fused-ring (bicyclic) bond motifs is 34. The van der Waals surface area contributed by atoms with Crippen LogP contribution < -0.4 is 47.9 Å². The van der Waals surface area contributed by atoms with Gasteiger partial charge >= 0.3 is 0 Å². The van der Waals surface area contributed by atoms with E-state index in [-0.39, 0.29) is 90.9 Å². The molecule has 1 aromatic carbocycles. The zero-order chi connectivity index (χ0) is 46.3. The summed E-state index contributed by atoms with van der Waals surface area (Å²) in [5, 5.41) is 33.2. The fourth-order valence-corrected chi connectivity index (χ4v) is 6.51. The highest BCUT2D eigenvalue weighted by molar-refractivity contribution is 5.93. The highest BCUT2D eigenvalue weighted by Gasteiger charge is 2.26. The number of carbonyl (C=O) groups is 10. The Labute approximate surface area is 368 Å². The molecule has 4 heterocycles. The van der Waals surface area contributed by atoms with E-state index in [1.54, 1.807) is 35.2 Å². The number of aliphatic hydroxyl groups excluding tert-OH is 1. The third-order valence-corrected chi connectivity index (χ3v) is 9.97. The fourth-order valence-electron chi connectivity index (χ4n) is 6.51. The fraction of sp³-hybridized carbons (Fsp3) is 0.525. The molecule has 24 heteroatoms. The summed E-state index contributed by atoms with van der Waals surface area (Å²) in [6, 6.07) is 5.40. The van der Waals surface area contributed by atoms with Crippen molar-refractivity contribution in [2.24, 2.45) is 0 Å². The van der Waals surface area contributed by atoms with E-state index in [2.05, 4.69) is 57.8 Å². The number of nitrogens with zero attached hydrogens (tertiary/aromatic N) is 3. The Hall–Kier alpha value is -6.95. The molecular weight excluding hydrogens is 839 g/mol. The number of nitrogens with one attached hydrogen (secondary N) is 10. The van der Waals surface area contributed by atoms with Crippen LogP contribution in [0.15, 0.2) is 42.9 Å². The average Bonchev–Trinajstić information content (AvgIpc) is 3.78. The van der Waals surface area contributed by atoms with Crippen LogP contribution in [0.1, 0.15) is 36.9 Å². The van der Waals surface area contributed by atoms with Crippen LogP contribution >= 0.6 is 0 Å². The summed E-state index contributed by atoms with van der Waals surface area (Å²) < 4.78 is 0. The summed E-state index contributed by atoms with van der Waals surface area (Å²) in [5.41, 5.74) is 1.28. The van der Waals surface area contributed by atoms with E-state index in [1.165, 1.54) is 12.5 Å². The van der Waals surface area contributed by atoms with Crippen molar-refractivity contribution in [3.8, 4) is 0 Å². The molecule has 0 radical (unpaired) electrons. The summed E-state index contributed by atoms with van der Waals surface area (Å²) in [4.78, 5) is 141. The molecular formula is C40H57N13O11. The van der Waals surface area contributed by atoms with Crippen molar-refractivity contribution >= 4 is 59.1 Å². The number of H-pyrrole nitrogens is 1. The molecule has 0 aliphatic carbocycles. The Bertz CT molecular complexity index is 1930. The van der Waals surface area contributed by atoms with Gasteiger partial charge in [0.2, 0.25) is 59.1 Å². The van der Waals surface area contributed by atoms with Gasteiger partial charge in [0, 0.05) is 103 Å². The Morgan fingerprint density at radius 2 is 1.06 bits per heavy atom. The molecule has 3 aliphatic rings. The number of hydrogen-bond acceptors (Lipinski definition) is 13. The van der Waals surface area contributed by atoms with E-state index < -0.39 is 103 Å². The molecule has 348 valence electrons. The normalized spacial score (nSPS) is 23.4. The molecule has 5 rings (SSSR count). The summed E-state index contributed by atoms with van der Waals surface area (Å²) in [6.07, 6.45) is 2.04. The largest absolute Gasteiger partial charge is 0.394 e. The first-order valence-electron chi connectivity index (χ1n) is 20.9. The maximum atomic E-state index is 13.5. The van der Waals surface area contributed by atoms with Crippen LogP contribution in [-0.2, 0) is 60.8 Å². The van der Waals surface area contributed by atoms with Gasteiger partial charge in [-0.15, -0.1) is 0 Å². The number of aromatic amines is 1. The zero-order valence-corrected chi connectivity index (χ0v) is 35.4. The van der Waals surface area contributed by atoms with Gasteiger partial charge in [-0.1, -0.05) is 30.3 Å². The third-order valence-electron chi connectivity index (χ3n) is 9.97. The van der Waals surface area contributed by atoms with Crippen LogP contribution in [0.25, 0.3) is 0 Å². The Morgan fingerprint density at radius 3 is 1.64 bits per heavy atom. The molecule has 0 saturated carbocycles. The van der Waals surface area contributed by atoms with E-state index >= 15 is 0 Å². The minimum atomic E-state index is -1.36. The average molecular weight is 896 g/mol. The van der Waals surface area contributed by atoms with Crippen molar-refractivity contribution in [2.75, 3.05) is 78.6 Å². The Kier molecular flexibility index (Phi) is 20.6. The minimum Gasteiger partial charge on any atom is -0.394 e. The number of aliphatic hydroxyl groups is 1. The Morgan fingerprint density at radius 1 is 0.547 bits per heavy atom. The first-order chi connectivity index (χ1) is 30.8. The molecule has 24 nitrogen and oxygen atoms in total. The first-order valence-corrected chi connectivity index (χ1v) is 20.9. The number of aromatic nitrogens is 2. The van der Waals surface area contributed by atoms with Crippen molar-refractivity contribution in [2.45, 2.75) is 56.7 Å². The highest BCUT2D eigenvalue weighted by Crippen LogP contribution is 2.06. The highest BCUT2D eigenvalue weighted by atomic mass is 16.3. The molecule has 3 fully saturated rings. The number of amides is 10. The van der Waals surface area contributed by atoms with Crippen molar-refractivity contribution in [3.63, 3.8) is 0 Å². The number of rotatable bonds is 5. The molecule has 2 aromatic rings. The van der Waals surface area contributed by atoms with Crippen LogP contribution in [0.4, 0.5) is 0 Å². The molecule has 2 bridgehead atoms. The maximum Gasteiger partial charge on any atom is 0.245 e. The van der Waals surface area contributed by atoms with E-state index in [0.29, 0.717) is 5.69 Å². The lowest BCUT2D eigenvalue weighted by molar-refractivity contribution is -0.139. The zero-order valence-electron chi connectivity index (χ0n) is 35.4. The van der Waals surface area contributed by atoms with Crippen molar-refractivity contribution in [3.05, 3.63) is 54.1 Å². The van der Waals surface area contributed by atoms with Crippen LogP contribution in [0.5, 0.6) is 0 Å². The van der Waals surface area contributed by atoms with Gasteiger partial charge < -0.3 is 62.8 Å². The van der Waals surface area contributed by atoms with Crippen LogP contribution in [0.3, 0.4) is 0 Å². The van der Waals surface area contributed by atoms with Gasteiger partial charge in [0.1, 0.15) is 31.2 Å². The first kappa shape index (κ1) is 49.7. The standard InChI is InChI=1S/C40H57N13O11/c54-24-30-40(64)46-14-17-52-15-9-34(58)49-28(18-26-4-2-1-3-5-26)38(62)44-12-6-31(55)47-21-37(61)53(23-36(60)43-11-8-33(57)51-30)22-35(59)42-10-7-32(56)50-29(39(63)45-13-16-52)19-27-20-41-25-48-27/h1-5,20,25,28-30,54H,6-19,21-24H2,(H,41,48)(H,42,59)(H,43,60)(H,44,62)(H,45,63)(H,46,64)(H,47,55)(H,49,58)(H,50,56)(H,51,57)/t28-,29-,30-/m0/s1. The van der Waals surface area contributed by atoms with Crippen molar-refractivity contribution in [1.29, 1.82) is 0 Å². The lowest BCUT2D eigenvalue weighted by Gasteiger charge is -2.25. The molecule has 3 aliphatic heterocycles. The van der Waals surface area contributed by atoms with Crippen molar-refractivity contribution < 1.29 is 53.1 Å². The van der Waals surface area contributed by atoms with Crippen LogP contribution in [0, 0.1) is 0 Å². The summed E-state index contributed by atoms with van der Waals surface area (Å²) in [6.45, 7) is -3.04. The maximum absolute atomic E-state index is 13.5. The second-order valence-electron chi connectivity index (χ2n) is 15.0. The second-order valence-corrected chi connectivity index (χ2v) is 15.0. The predicted molar refractivity (Wildman–Crippen MR) is 225 cm³/mol. The Balaban J connectivity index is 1.64. The van der Waals surface area contributed by atoms with Gasteiger partial charge in [-0.3, -0.25) is 52.8 Å². The molecule has 3 saturated heterocycles. The molecule has 11 N–H and O–H groups in total. The van der Waals surface area contributed by atoms with Gasteiger partial charge in [-0.2, -0.15) is 0 Å². The molecule has 1 unspecified atom stereocenters. The molecule has 64 heavy (non-hydrogen) atoms. The van der Waals surface area contributed by atoms with Crippen LogP contribution in [-0.4, -0.2) is 181 Å². The number of imidazole rings is 1. The van der Waals surface area contributed by atoms with E-state index in [4.69, 9.17) is 0 Å². The van der Waals surface area contributed by atoms with Crippen molar-refractivity contribution in [1.82, 2.24) is 67.6 Å². The molecule has 10 amide bonds. The second kappa shape index (κ2) is 26.5. The van der Waals surface area contributed by atoms with E-state index in [9.17, 15) is 53.1 Å². The topological polar surface area (TPSA) is 334 Å². The number of benzene rings is 1. The van der Waals surface area contributed by atoms with Crippen LogP contribution in [0.2, 0.25) is 0 Å². The lowest BCUT2D eigenvalue weighted by atomic mass is 10.0. The number of hydrogen-bond donors (Lipinski definition) is 11. The smallest absolute Gasteiger partial charge is 0.245 e. The van der Waals surface area contributed by atoms with Gasteiger partial charge in [0.05, 0.1) is 19.5 Å². The lowest BCUT2D eigenvalue weighted by Crippen LogP contribution is -2.52. The summed E-state index contributed by atoms with van der Waals surface area (Å²) in [7, 11) is 0. The molecule has 1 aromatic heterocycles. The molecule has 4 atom stereocenters. The summed E-state index contributed by atoms with van der Waals surface area (Å²) in [5.74, 6) is -6.69. The minimum absolute atomic E-state index is 0.0201. The van der Waals surface area contributed by atoms with Gasteiger partial charge in [-0.25, -0.2) is 4.98 Å². The number of carbonyl (C=O) groups excluding carboxylic acids is 10. The predicted octanol–water partition coefficient (Wildman–Crippen LogP) is -5.94. The van der Waals surface area contributed by atoms with Gasteiger partial charge in [-0.05, 0) is 5.56 Å². The van der Waals surface area contributed by atoms with Gasteiger partial charge in [0.15, 0.2) is 0 Å². The summed E-state index contributed by atoms with van der Waals surface area (Å²) >= 11 is 0. The van der Waals surface area contributed by atoms with Gasteiger partial charge in [0.25, 0.3) is 0 Å². The SMILES string of the molecule is O=C1CCNC(=O)[C@H](Cc2ccccc2)NC(=O)CCN2CCNC(=O)[C@H](CO)NC(=O)CCNC(=O)CN(CC(=O)NCCC(=O)N[C@@H](Cc3cnc[nH]3)C(=O)NCC2)C(=O)CN1. The van der Waals surface area contributed by atoms with E-state index in [1.807, 2.05) is 0 Å². The molecule has 0 spiro atoms. The monoisotopic (exact) mass is 895 g/mol. The quantitative estimate of drug-likeness (QED) is 0.133. The third kappa shape index (κ3) is 18.2. The van der Waals surface area contributed by atoms with E-state index in [0.717, 1.165) is 10.5 Å².